The molecule has 1 saturated carbocycles. The Bertz CT molecular complexity index is 748. The Balaban J connectivity index is 1.87. The number of aliphatic hydroxyl groups is 1. The minimum atomic E-state index is -0.426. The lowest BCUT2D eigenvalue weighted by Crippen LogP contribution is -2.36. The first-order valence-corrected chi connectivity index (χ1v) is 8.64. The molecule has 1 aliphatic carbocycles. The zero-order valence-electron chi connectivity index (χ0n) is 14.2. The number of hydrogen-bond donors (Lipinski definition) is 2. The van der Waals surface area contributed by atoms with Gasteiger partial charge in [-0.1, -0.05) is 19.8 Å². The third-order valence-electron chi connectivity index (χ3n) is 4.54. The van der Waals surface area contributed by atoms with Crippen molar-refractivity contribution >= 4 is 11.5 Å². The van der Waals surface area contributed by atoms with Crippen molar-refractivity contribution in [2.45, 2.75) is 51.2 Å². The Morgan fingerprint density at radius 1 is 1.24 bits per heavy atom. The number of nitro benzene ring substituents is 1. The Kier molecular flexibility index (Phi) is 5.23. The molecular weight excluding hydrogens is 320 g/mol. The van der Waals surface area contributed by atoms with E-state index in [9.17, 15) is 15.2 Å². The zero-order valence-corrected chi connectivity index (χ0v) is 14.2. The zero-order chi connectivity index (χ0) is 17.8. The number of hydrogen-bond acceptors (Lipinski definition) is 6. The number of aryl methyl sites for hydroxylation is 1. The van der Waals surface area contributed by atoms with E-state index in [1.807, 2.05) is 13.0 Å². The van der Waals surface area contributed by atoms with E-state index in [1.54, 1.807) is 12.1 Å². The minimum absolute atomic E-state index is 0.00179. The van der Waals surface area contributed by atoms with Crippen LogP contribution in [0.2, 0.25) is 0 Å². The van der Waals surface area contributed by atoms with Crippen molar-refractivity contribution in [1.82, 2.24) is 9.97 Å². The molecule has 2 aromatic rings. The van der Waals surface area contributed by atoms with E-state index in [4.69, 9.17) is 0 Å². The molecule has 0 spiro atoms. The second-order valence-electron chi connectivity index (χ2n) is 6.33. The molecule has 1 aromatic heterocycles. The Morgan fingerprint density at radius 2 is 1.96 bits per heavy atom. The predicted molar refractivity (Wildman–Crippen MR) is 95.4 cm³/mol. The average molecular weight is 342 g/mol. The van der Waals surface area contributed by atoms with Crippen molar-refractivity contribution < 1.29 is 10.0 Å². The van der Waals surface area contributed by atoms with Gasteiger partial charge in [0.05, 0.1) is 17.1 Å². The van der Waals surface area contributed by atoms with E-state index < -0.39 is 4.92 Å². The molecule has 1 fully saturated rings. The van der Waals surface area contributed by atoms with Gasteiger partial charge >= 0.3 is 0 Å². The first-order chi connectivity index (χ1) is 12.1. The molecular formula is C18H22N4O3. The quantitative estimate of drug-likeness (QED) is 0.638. The normalized spacial score (nSPS) is 20.2. The van der Waals surface area contributed by atoms with Crippen LogP contribution < -0.4 is 5.32 Å². The molecule has 7 nitrogen and oxygen atoms in total. The summed E-state index contributed by atoms with van der Waals surface area (Å²) in [6.45, 7) is 2.02. The van der Waals surface area contributed by atoms with E-state index in [0.29, 0.717) is 11.6 Å². The molecule has 3 rings (SSSR count). The smallest absolute Gasteiger partial charge is 0.269 e. The average Bonchev–Trinajstić information content (AvgIpc) is 2.63. The van der Waals surface area contributed by atoms with E-state index in [-0.39, 0.29) is 17.8 Å². The third-order valence-corrected chi connectivity index (χ3v) is 4.54. The summed E-state index contributed by atoms with van der Waals surface area (Å²) in [6.07, 6.45) is 4.26. The van der Waals surface area contributed by atoms with E-state index >= 15 is 0 Å². The topological polar surface area (TPSA) is 101 Å². The molecule has 7 heteroatoms. The van der Waals surface area contributed by atoms with Crippen molar-refractivity contribution in [2.75, 3.05) is 5.32 Å². The first-order valence-electron chi connectivity index (χ1n) is 8.64. The number of nitrogens with one attached hydrogen (secondary N) is 1. The van der Waals surface area contributed by atoms with Gasteiger partial charge in [-0.2, -0.15) is 0 Å². The van der Waals surface area contributed by atoms with Gasteiger partial charge in [-0.25, -0.2) is 9.97 Å². The van der Waals surface area contributed by atoms with Crippen LogP contribution in [0.1, 0.15) is 38.3 Å². The fourth-order valence-corrected chi connectivity index (χ4v) is 3.08. The van der Waals surface area contributed by atoms with Crippen molar-refractivity contribution in [3.05, 3.63) is 46.1 Å². The summed E-state index contributed by atoms with van der Waals surface area (Å²) in [5, 5.41) is 24.3. The molecule has 0 aliphatic heterocycles. The maximum absolute atomic E-state index is 10.8. The van der Waals surface area contributed by atoms with Gasteiger partial charge in [-0.15, -0.1) is 0 Å². The second kappa shape index (κ2) is 7.57. The molecule has 0 amide bonds. The van der Waals surface area contributed by atoms with E-state index in [1.165, 1.54) is 12.1 Å². The monoisotopic (exact) mass is 342 g/mol. The largest absolute Gasteiger partial charge is 0.391 e. The van der Waals surface area contributed by atoms with Crippen LogP contribution in [0.5, 0.6) is 0 Å². The minimum Gasteiger partial charge on any atom is -0.391 e. The van der Waals surface area contributed by atoms with Crippen LogP contribution in [0.3, 0.4) is 0 Å². The fraction of sp³-hybridized carbons (Fsp3) is 0.444. The number of aromatic nitrogens is 2. The van der Waals surface area contributed by atoms with Gasteiger partial charge in [-0.3, -0.25) is 10.1 Å². The highest BCUT2D eigenvalue weighted by Crippen LogP contribution is 2.25. The van der Waals surface area contributed by atoms with Gasteiger partial charge in [0.2, 0.25) is 0 Å². The van der Waals surface area contributed by atoms with Crippen LogP contribution in [0, 0.1) is 10.1 Å². The fourth-order valence-electron chi connectivity index (χ4n) is 3.08. The van der Waals surface area contributed by atoms with Crippen LogP contribution in [0.4, 0.5) is 11.5 Å². The number of nitrogens with zero attached hydrogens (tertiary/aromatic N) is 3. The molecule has 0 saturated heterocycles. The summed E-state index contributed by atoms with van der Waals surface area (Å²) in [5.41, 5.74) is 1.66. The molecule has 2 atom stereocenters. The summed E-state index contributed by atoms with van der Waals surface area (Å²) >= 11 is 0. The predicted octanol–water partition coefficient (Wildman–Crippen LogP) is 3.33. The highest BCUT2D eigenvalue weighted by Gasteiger charge is 2.23. The lowest BCUT2D eigenvalue weighted by Gasteiger charge is -2.29. The first kappa shape index (κ1) is 17.3. The number of aliphatic hydroxyl groups excluding tert-OH is 1. The van der Waals surface area contributed by atoms with Crippen LogP contribution >= 0.6 is 0 Å². The molecule has 132 valence electrons. The van der Waals surface area contributed by atoms with Crippen molar-refractivity contribution in [3.63, 3.8) is 0 Å². The molecule has 0 radical (unpaired) electrons. The Hall–Kier alpha value is -2.54. The van der Waals surface area contributed by atoms with Gasteiger partial charge in [0.15, 0.2) is 5.82 Å². The number of non-ortho nitro benzene ring substituents is 1. The molecule has 2 unspecified atom stereocenters. The van der Waals surface area contributed by atoms with Crippen LogP contribution in [0.15, 0.2) is 30.3 Å². The summed E-state index contributed by atoms with van der Waals surface area (Å²) in [6, 6.07) is 8.12. The van der Waals surface area contributed by atoms with Crippen molar-refractivity contribution in [2.24, 2.45) is 0 Å². The van der Waals surface area contributed by atoms with E-state index in [2.05, 4.69) is 15.3 Å². The van der Waals surface area contributed by atoms with Crippen molar-refractivity contribution in [3.8, 4) is 11.4 Å². The number of rotatable bonds is 5. The maximum atomic E-state index is 10.8. The Labute approximate surface area is 146 Å². The van der Waals surface area contributed by atoms with Gasteiger partial charge in [0, 0.05) is 29.5 Å². The number of nitro groups is 1. The highest BCUT2D eigenvalue weighted by molar-refractivity contribution is 5.59. The third kappa shape index (κ3) is 4.11. The second-order valence-corrected chi connectivity index (χ2v) is 6.33. The summed E-state index contributed by atoms with van der Waals surface area (Å²) in [7, 11) is 0. The van der Waals surface area contributed by atoms with Gasteiger partial charge in [0.25, 0.3) is 5.69 Å². The molecule has 0 bridgehead atoms. The van der Waals surface area contributed by atoms with Gasteiger partial charge < -0.3 is 10.4 Å². The maximum Gasteiger partial charge on any atom is 0.269 e. The lowest BCUT2D eigenvalue weighted by molar-refractivity contribution is -0.384. The summed E-state index contributed by atoms with van der Waals surface area (Å²) in [4.78, 5) is 19.4. The molecule has 1 aromatic carbocycles. The highest BCUT2D eigenvalue weighted by atomic mass is 16.6. The number of benzene rings is 1. The van der Waals surface area contributed by atoms with Crippen LogP contribution in [-0.2, 0) is 6.42 Å². The Morgan fingerprint density at radius 3 is 2.60 bits per heavy atom. The molecule has 25 heavy (non-hydrogen) atoms. The van der Waals surface area contributed by atoms with Crippen LogP contribution in [0.25, 0.3) is 11.4 Å². The van der Waals surface area contributed by atoms with Crippen LogP contribution in [-0.4, -0.2) is 32.1 Å². The molecule has 2 N–H and O–H groups in total. The number of anilines is 1. The molecule has 1 heterocycles. The summed E-state index contributed by atoms with van der Waals surface area (Å²) in [5.74, 6) is 1.22. The SMILES string of the molecule is CCc1cc(NC2CCCCC2O)nc(-c2ccc([N+](=O)[O-])cc2)n1. The standard InChI is InChI=1S/C18H22N4O3/c1-2-13-11-17(20-15-5-3-4-6-16(15)23)21-18(19-13)12-7-9-14(10-8-12)22(24)25/h7-11,15-16,23H,2-6H2,1H3,(H,19,20,21). The van der Waals surface area contributed by atoms with Crippen molar-refractivity contribution in [1.29, 1.82) is 0 Å². The lowest BCUT2D eigenvalue weighted by atomic mass is 9.92. The van der Waals surface area contributed by atoms with Gasteiger partial charge in [-0.05, 0) is 31.4 Å². The van der Waals surface area contributed by atoms with E-state index in [0.717, 1.165) is 43.4 Å². The van der Waals surface area contributed by atoms with Gasteiger partial charge in [0.1, 0.15) is 5.82 Å². The summed E-state index contributed by atoms with van der Waals surface area (Å²) < 4.78 is 0. The molecule has 1 aliphatic rings.